The molecule has 232 valence electrons. The highest BCUT2D eigenvalue weighted by atomic mass is 32.2. The van der Waals surface area contributed by atoms with Crippen LogP contribution in [-0.4, -0.2) is 50.2 Å². The zero-order valence-electron chi connectivity index (χ0n) is 24.8. The number of hydrogen-bond acceptors (Lipinski definition) is 6. The van der Waals surface area contributed by atoms with Crippen LogP contribution >= 0.6 is 11.8 Å². The Bertz CT molecular complexity index is 1770. The standard InChI is InChI=1S/C32H29F3N6O3S/c1-19(2)28-20(3)6-5-7-26(28)41-27(42)17-45-31(41)38-30(43)36-16-21(4)22-8-10-23(11-9-22)29-37-18-40(39-29)24-12-14-25(15-13-24)44-32(33,34)35/h5-16,18-19,21H,17H2,1-4H3. The Balaban J connectivity index is 1.25. The maximum atomic E-state index is 12.8. The molecule has 5 rings (SSSR count). The van der Waals surface area contributed by atoms with Crippen LogP contribution in [0.4, 0.5) is 23.7 Å². The SMILES string of the molecule is Cc1cccc(N2C(=O)CSC2=NC(=O)N=CC(C)c2ccc(-c3ncn(-c4ccc(OC(F)(F)F)cc4)n3)cc2)c1C(C)C. The zero-order chi connectivity index (χ0) is 32.3. The van der Waals surface area contributed by atoms with E-state index in [-0.39, 0.29) is 29.2 Å². The molecule has 1 atom stereocenters. The van der Waals surface area contributed by atoms with E-state index >= 15 is 0 Å². The predicted molar refractivity (Wildman–Crippen MR) is 168 cm³/mol. The third-order valence-corrected chi connectivity index (χ3v) is 7.93. The van der Waals surface area contributed by atoms with Gasteiger partial charge in [0.25, 0.3) is 0 Å². The van der Waals surface area contributed by atoms with Crippen LogP contribution in [0.25, 0.3) is 17.1 Å². The van der Waals surface area contributed by atoms with Crippen molar-refractivity contribution >= 4 is 40.8 Å². The lowest BCUT2D eigenvalue weighted by molar-refractivity contribution is -0.274. The van der Waals surface area contributed by atoms with Crippen LogP contribution in [0.5, 0.6) is 5.75 Å². The molecule has 2 heterocycles. The number of aliphatic imine (C=N–C) groups is 2. The quantitative estimate of drug-likeness (QED) is 0.193. The fraction of sp³-hybridized carbons (Fsp3) is 0.250. The number of carbonyl (C=O) groups is 2. The largest absolute Gasteiger partial charge is 0.573 e. The average molecular weight is 635 g/mol. The number of amidine groups is 1. The minimum absolute atomic E-state index is 0.135. The number of amides is 3. The van der Waals surface area contributed by atoms with Gasteiger partial charge in [0.2, 0.25) is 5.91 Å². The predicted octanol–water partition coefficient (Wildman–Crippen LogP) is 7.70. The number of ether oxygens (including phenoxy) is 1. The van der Waals surface area contributed by atoms with Gasteiger partial charge in [-0.25, -0.2) is 19.5 Å². The van der Waals surface area contributed by atoms with E-state index in [1.165, 1.54) is 58.2 Å². The van der Waals surface area contributed by atoms with Gasteiger partial charge in [-0.1, -0.05) is 68.9 Å². The molecule has 1 aliphatic rings. The first-order valence-electron chi connectivity index (χ1n) is 14.0. The molecule has 1 saturated heterocycles. The topological polar surface area (TPSA) is 102 Å². The number of carbonyl (C=O) groups excluding carboxylic acids is 2. The fourth-order valence-corrected chi connectivity index (χ4v) is 5.77. The number of urea groups is 1. The monoisotopic (exact) mass is 634 g/mol. The summed E-state index contributed by atoms with van der Waals surface area (Å²) in [6.45, 7) is 8.01. The Morgan fingerprint density at radius 1 is 1.04 bits per heavy atom. The van der Waals surface area contributed by atoms with E-state index in [4.69, 9.17) is 0 Å². The minimum Gasteiger partial charge on any atom is -0.406 e. The van der Waals surface area contributed by atoms with Gasteiger partial charge in [0.05, 0.1) is 17.1 Å². The molecule has 0 saturated carbocycles. The number of rotatable bonds is 7. The average Bonchev–Trinajstić information content (AvgIpc) is 3.62. The van der Waals surface area contributed by atoms with E-state index in [2.05, 4.69) is 38.7 Å². The molecular weight excluding hydrogens is 605 g/mol. The van der Waals surface area contributed by atoms with Crippen LogP contribution < -0.4 is 9.64 Å². The van der Waals surface area contributed by atoms with Crippen molar-refractivity contribution in [3.05, 3.63) is 89.7 Å². The minimum atomic E-state index is -4.76. The molecule has 4 aromatic rings. The van der Waals surface area contributed by atoms with Crippen molar-refractivity contribution in [3.8, 4) is 22.8 Å². The highest BCUT2D eigenvalue weighted by Crippen LogP contribution is 2.35. The van der Waals surface area contributed by atoms with Gasteiger partial charge in [0, 0.05) is 17.7 Å². The smallest absolute Gasteiger partial charge is 0.406 e. The zero-order valence-corrected chi connectivity index (χ0v) is 25.6. The highest BCUT2D eigenvalue weighted by molar-refractivity contribution is 8.15. The molecule has 45 heavy (non-hydrogen) atoms. The lowest BCUT2D eigenvalue weighted by Crippen LogP contribution is -2.31. The molecule has 0 aliphatic carbocycles. The van der Waals surface area contributed by atoms with Crippen molar-refractivity contribution in [1.82, 2.24) is 14.8 Å². The maximum absolute atomic E-state index is 12.8. The molecule has 1 unspecified atom stereocenters. The van der Waals surface area contributed by atoms with E-state index in [1.807, 2.05) is 56.3 Å². The number of thioether (sulfide) groups is 1. The summed E-state index contributed by atoms with van der Waals surface area (Å²) in [4.78, 5) is 39.5. The summed E-state index contributed by atoms with van der Waals surface area (Å²) in [5, 5.41) is 4.73. The van der Waals surface area contributed by atoms with Crippen molar-refractivity contribution in [2.24, 2.45) is 9.98 Å². The van der Waals surface area contributed by atoms with E-state index in [9.17, 15) is 22.8 Å². The Morgan fingerprint density at radius 2 is 1.76 bits per heavy atom. The van der Waals surface area contributed by atoms with Crippen LogP contribution in [0.2, 0.25) is 0 Å². The summed E-state index contributed by atoms with van der Waals surface area (Å²) in [6, 6.07) is 17.7. The highest BCUT2D eigenvalue weighted by Gasteiger charge is 2.33. The molecule has 0 spiro atoms. The van der Waals surface area contributed by atoms with Gasteiger partial charge in [0.1, 0.15) is 12.1 Å². The van der Waals surface area contributed by atoms with Crippen molar-refractivity contribution in [2.75, 3.05) is 10.7 Å². The van der Waals surface area contributed by atoms with E-state index < -0.39 is 12.4 Å². The Morgan fingerprint density at radius 3 is 2.42 bits per heavy atom. The van der Waals surface area contributed by atoms with Gasteiger partial charge >= 0.3 is 12.4 Å². The summed E-state index contributed by atoms with van der Waals surface area (Å²) in [5.41, 5.74) is 4.95. The van der Waals surface area contributed by atoms with Gasteiger partial charge in [-0.15, -0.1) is 18.3 Å². The van der Waals surface area contributed by atoms with Crippen LogP contribution in [0.1, 0.15) is 49.3 Å². The summed E-state index contributed by atoms with van der Waals surface area (Å²) in [6.07, 6.45) is -1.79. The first-order valence-corrected chi connectivity index (χ1v) is 15.0. The lowest BCUT2D eigenvalue weighted by atomic mass is 9.95. The second kappa shape index (κ2) is 13.1. The fourth-order valence-electron chi connectivity index (χ4n) is 4.92. The molecule has 1 aliphatic heterocycles. The summed E-state index contributed by atoms with van der Waals surface area (Å²) in [5.74, 6) is 0.114. The molecule has 0 bridgehead atoms. The van der Waals surface area contributed by atoms with Gasteiger partial charge in [-0.3, -0.25) is 9.69 Å². The normalized spacial score (nSPS) is 15.4. The molecule has 13 heteroatoms. The van der Waals surface area contributed by atoms with E-state index in [0.29, 0.717) is 16.7 Å². The molecule has 0 N–H and O–H groups in total. The number of benzene rings is 3. The molecule has 3 amide bonds. The molecule has 1 aromatic heterocycles. The second-order valence-corrected chi connectivity index (χ2v) is 11.5. The Hall–Kier alpha value is -4.78. The third kappa shape index (κ3) is 7.48. The molecule has 9 nitrogen and oxygen atoms in total. The van der Waals surface area contributed by atoms with Crippen LogP contribution in [0, 0.1) is 6.92 Å². The van der Waals surface area contributed by atoms with Gasteiger partial charge in [0.15, 0.2) is 11.0 Å². The molecular formula is C32H29F3N6O3S. The Kier molecular flexibility index (Phi) is 9.19. The number of alkyl halides is 3. The first-order chi connectivity index (χ1) is 21.4. The van der Waals surface area contributed by atoms with Crippen molar-refractivity contribution in [1.29, 1.82) is 0 Å². The Labute approximate surface area is 261 Å². The van der Waals surface area contributed by atoms with Crippen LogP contribution in [0.15, 0.2) is 83.0 Å². The summed E-state index contributed by atoms with van der Waals surface area (Å²) in [7, 11) is 0. The maximum Gasteiger partial charge on any atom is 0.573 e. The lowest BCUT2D eigenvalue weighted by Gasteiger charge is -2.23. The summed E-state index contributed by atoms with van der Waals surface area (Å²) < 4.78 is 42.6. The number of aryl methyl sites for hydroxylation is 1. The van der Waals surface area contributed by atoms with Gasteiger partial charge in [-0.05, 0) is 59.9 Å². The molecule has 0 radical (unpaired) electrons. The third-order valence-electron chi connectivity index (χ3n) is 7.01. The number of halogens is 3. The van der Waals surface area contributed by atoms with Crippen molar-refractivity contribution < 1.29 is 27.5 Å². The van der Waals surface area contributed by atoms with Crippen molar-refractivity contribution in [2.45, 2.75) is 45.9 Å². The summed E-state index contributed by atoms with van der Waals surface area (Å²) >= 11 is 1.21. The van der Waals surface area contributed by atoms with Crippen LogP contribution in [-0.2, 0) is 4.79 Å². The second-order valence-electron chi connectivity index (χ2n) is 10.6. The first kappa shape index (κ1) is 31.6. The van der Waals surface area contributed by atoms with Crippen LogP contribution in [0.3, 0.4) is 0 Å². The van der Waals surface area contributed by atoms with Gasteiger partial charge in [-0.2, -0.15) is 4.99 Å². The van der Waals surface area contributed by atoms with Crippen molar-refractivity contribution in [3.63, 3.8) is 0 Å². The van der Waals surface area contributed by atoms with Gasteiger partial charge < -0.3 is 4.74 Å². The van der Waals surface area contributed by atoms with E-state index in [0.717, 1.165) is 27.9 Å². The number of anilines is 1. The number of nitrogens with zero attached hydrogens (tertiary/aromatic N) is 6. The number of hydrogen-bond donors (Lipinski definition) is 0. The molecule has 1 fully saturated rings. The number of aromatic nitrogens is 3. The molecule has 3 aromatic carbocycles. The van der Waals surface area contributed by atoms with E-state index in [1.54, 1.807) is 0 Å².